The molecule has 5 nitrogen and oxygen atoms in total. The lowest BCUT2D eigenvalue weighted by Crippen LogP contribution is -2.27. The molecule has 2 aromatic carbocycles. The van der Waals surface area contributed by atoms with E-state index in [1.165, 1.54) is 4.88 Å². The third kappa shape index (κ3) is 5.93. The van der Waals surface area contributed by atoms with E-state index in [9.17, 15) is 4.79 Å². The molecule has 0 saturated heterocycles. The number of benzene rings is 2. The largest absolute Gasteiger partial charge is 0.493 e. The fraction of sp³-hybridized carbons (Fsp3) is 0.379. The van der Waals surface area contributed by atoms with E-state index in [0.29, 0.717) is 40.3 Å². The molecule has 3 aromatic rings. The van der Waals surface area contributed by atoms with Crippen LogP contribution in [0.4, 0.5) is 10.7 Å². The lowest BCUT2D eigenvalue weighted by molar-refractivity contribution is 0.102. The minimum Gasteiger partial charge on any atom is -0.493 e. The van der Waals surface area contributed by atoms with Crippen molar-refractivity contribution in [2.75, 3.05) is 19.0 Å². The molecule has 1 atom stereocenters. The minimum absolute atomic E-state index is 0.138. The molecule has 0 aliphatic heterocycles. The Morgan fingerprint density at radius 2 is 1.94 bits per heavy atom. The summed E-state index contributed by atoms with van der Waals surface area (Å²) in [6.45, 7) is 9.38. The molecule has 0 radical (unpaired) electrons. The van der Waals surface area contributed by atoms with Crippen molar-refractivity contribution in [1.29, 1.82) is 0 Å². The van der Waals surface area contributed by atoms with E-state index in [1.54, 1.807) is 36.8 Å². The maximum Gasteiger partial charge on any atom is 0.259 e. The molecule has 0 saturated carbocycles. The summed E-state index contributed by atoms with van der Waals surface area (Å²) in [6.07, 6.45) is 4.70. The van der Waals surface area contributed by atoms with Gasteiger partial charge in [-0.25, -0.2) is 4.99 Å². The first kappa shape index (κ1) is 26.2. The Kier molecular flexibility index (Phi) is 8.06. The van der Waals surface area contributed by atoms with Gasteiger partial charge in [-0.1, -0.05) is 32.4 Å². The number of ether oxygens (including phenoxy) is 2. The van der Waals surface area contributed by atoms with Crippen molar-refractivity contribution in [3.63, 3.8) is 0 Å². The molecule has 1 aliphatic carbocycles. The van der Waals surface area contributed by atoms with Gasteiger partial charge in [-0.2, -0.15) is 0 Å². The van der Waals surface area contributed by atoms with Gasteiger partial charge in [-0.15, -0.1) is 11.3 Å². The second kappa shape index (κ2) is 11.1. The van der Waals surface area contributed by atoms with Crippen LogP contribution in [0.5, 0.6) is 11.5 Å². The first-order valence-corrected chi connectivity index (χ1v) is 13.5. The van der Waals surface area contributed by atoms with Crippen LogP contribution in [0.25, 0.3) is 0 Å². The van der Waals surface area contributed by atoms with Crippen LogP contribution in [0.15, 0.2) is 47.5 Å². The number of carbonyl (C=O) groups excluding carboxylic acids is 1. The number of nitrogens with zero attached hydrogens (tertiary/aromatic N) is 1. The van der Waals surface area contributed by atoms with Gasteiger partial charge in [0.15, 0.2) is 11.5 Å². The van der Waals surface area contributed by atoms with Crippen molar-refractivity contribution < 1.29 is 14.3 Å². The van der Waals surface area contributed by atoms with E-state index in [-0.39, 0.29) is 11.3 Å². The fourth-order valence-corrected chi connectivity index (χ4v) is 5.93. The Morgan fingerprint density at radius 3 is 2.61 bits per heavy atom. The van der Waals surface area contributed by atoms with E-state index >= 15 is 0 Å². The van der Waals surface area contributed by atoms with Gasteiger partial charge in [0.1, 0.15) is 5.00 Å². The number of amides is 1. The number of methoxy groups -OCH3 is 1. The standard InChI is InChI=1S/C29H33ClN2O3S/c1-6-35-23-14-7-18(15-24(23)34-5)17-31-28-26(27(33)32-21-11-9-20(30)10-12-21)22-13-8-19(29(2,3)4)16-25(22)36-28/h7,9-12,14-15,17,19H,6,8,13,16H2,1-5H3,(H,32,33)/t19-/m1/s1. The van der Waals surface area contributed by atoms with E-state index < -0.39 is 0 Å². The molecule has 0 fully saturated rings. The molecule has 1 N–H and O–H groups in total. The molecule has 0 bridgehead atoms. The maximum absolute atomic E-state index is 13.5. The van der Waals surface area contributed by atoms with Crippen LogP contribution >= 0.6 is 22.9 Å². The van der Waals surface area contributed by atoms with Gasteiger partial charge >= 0.3 is 0 Å². The van der Waals surface area contributed by atoms with Gasteiger partial charge in [0.25, 0.3) is 5.91 Å². The highest BCUT2D eigenvalue weighted by Gasteiger charge is 2.33. The predicted molar refractivity (Wildman–Crippen MR) is 150 cm³/mol. The second-order valence-corrected chi connectivity index (χ2v) is 11.6. The fourth-order valence-electron chi connectivity index (χ4n) is 4.54. The topological polar surface area (TPSA) is 59.9 Å². The monoisotopic (exact) mass is 524 g/mol. The SMILES string of the molecule is CCOc1ccc(C=Nc2sc3c(c2C(=O)Nc2ccc(Cl)cc2)CC[C@@H](C(C)(C)C)C3)cc1OC. The Bertz CT molecular complexity index is 1260. The zero-order valence-electron chi connectivity index (χ0n) is 21.5. The molecule has 1 heterocycles. The van der Waals surface area contributed by atoms with Crippen LogP contribution in [-0.4, -0.2) is 25.8 Å². The smallest absolute Gasteiger partial charge is 0.259 e. The quantitative estimate of drug-likeness (QED) is 0.319. The van der Waals surface area contributed by atoms with Crippen molar-refractivity contribution in [2.24, 2.45) is 16.3 Å². The van der Waals surface area contributed by atoms with Crippen molar-refractivity contribution in [3.05, 3.63) is 69.1 Å². The number of carbonyl (C=O) groups is 1. The molecule has 1 aliphatic rings. The van der Waals surface area contributed by atoms with E-state index in [4.69, 9.17) is 26.1 Å². The molecule has 0 unspecified atom stereocenters. The lowest BCUT2D eigenvalue weighted by Gasteiger charge is -2.33. The molecule has 7 heteroatoms. The highest BCUT2D eigenvalue weighted by atomic mass is 35.5. The Labute approximate surface area is 222 Å². The van der Waals surface area contributed by atoms with Crippen LogP contribution in [0.2, 0.25) is 5.02 Å². The molecule has 1 amide bonds. The van der Waals surface area contributed by atoms with E-state index in [2.05, 4.69) is 26.1 Å². The van der Waals surface area contributed by atoms with Crippen molar-refractivity contribution in [2.45, 2.75) is 47.0 Å². The summed E-state index contributed by atoms with van der Waals surface area (Å²) in [7, 11) is 1.62. The number of thiophene rings is 1. The highest BCUT2D eigenvalue weighted by molar-refractivity contribution is 7.16. The molecule has 190 valence electrons. The van der Waals surface area contributed by atoms with Gasteiger partial charge in [-0.05, 0) is 91.1 Å². The van der Waals surface area contributed by atoms with Gasteiger partial charge in [0.05, 0.1) is 19.3 Å². The van der Waals surface area contributed by atoms with Crippen molar-refractivity contribution in [1.82, 2.24) is 0 Å². The number of aliphatic imine (C=N–C) groups is 1. The van der Waals surface area contributed by atoms with Gasteiger partial charge in [0.2, 0.25) is 0 Å². The number of halogens is 1. The van der Waals surface area contributed by atoms with Crippen LogP contribution < -0.4 is 14.8 Å². The first-order valence-electron chi connectivity index (χ1n) is 12.3. The molecular formula is C29H33ClN2O3S. The third-order valence-electron chi connectivity index (χ3n) is 6.62. The summed E-state index contributed by atoms with van der Waals surface area (Å²) < 4.78 is 11.1. The van der Waals surface area contributed by atoms with Crippen molar-refractivity contribution >= 4 is 45.7 Å². The van der Waals surface area contributed by atoms with Crippen LogP contribution in [0.3, 0.4) is 0 Å². The van der Waals surface area contributed by atoms with Crippen molar-refractivity contribution in [3.8, 4) is 11.5 Å². The van der Waals surface area contributed by atoms with E-state index in [1.807, 2.05) is 37.3 Å². The Balaban J connectivity index is 1.69. The normalized spacial score (nSPS) is 15.6. The predicted octanol–water partition coefficient (Wildman–Crippen LogP) is 7.96. The average Bonchev–Trinajstić information content (AvgIpc) is 3.22. The molecular weight excluding hydrogens is 492 g/mol. The highest BCUT2D eigenvalue weighted by Crippen LogP contribution is 2.45. The number of nitrogens with one attached hydrogen (secondary N) is 1. The number of hydrogen-bond donors (Lipinski definition) is 1. The number of rotatable bonds is 7. The maximum atomic E-state index is 13.5. The minimum atomic E-state index is -0.138. The Morgan fingerprint density at radius 1 is 1.19 bits per heavy atom. The molecule has 0 spiro atoms. The average molecular weight is 525 g/mol. The zero-order chi connectivity index (χ0) is 25.9. The van der Waals surface area contributed by atoms with Gasteiger partial charge < -0.3 is 14.8 Å². The molecule has 4 rings (SSSR count). The van der Waals surface area contributed by atoms with Gasteiger partial charge in [0, 0.05) is 21.8 Å². The van der Waals surface area contributed by atoms with Crippen LogP contribution in [-0.2, 0) is 12.8 Å². The van der Waals surface area contributed by atoms with Gasteiger partial charge in [-0.3, -0.25) is 4.79 Å². The van der Waals surface area contributed by atoms with Crippen LogP contribution in [0, 0.1) is 11.3 Å². The first-order chi connectivity index (χ1) is 17.2. The van der Waals surface area contributed by atoms with Crippen LogP contribution in [0.1, 0.15) is 60.5 Å². The summed E-state index contributed by atoms with van der Waals surface area (Å²) >= 11 is 7.65. The number of anilines is 1. The number of hydrogen-bond acceptors (Lipinski definition) is 5. The third-order valence-corrected chi connectivity index (χ3v) is 8.03. The summed E-state index contributed by atoms with van der Waals surface area (Å²) in [5, 5.41) is 4.40. The lowest BCUT2D eigenvalue weighted by atomic mass is 9.72. The summed E-state index contributed by atoms with van der Waals surface area (Å²) in [4.78, 5) is 19.6. The summed E-state index contributed by atoms with van der Waals surface area (Å²) in [6, 6.07) is 12.9. The second-order valence-electron chi connectivity index (χ2n) is 10.1. The molecule has 1 aromatic heterocycles. The summed E-state index contributed by atoms with van der Waals surface area (Å²) in [5.41, 5.74) is 3.60. The van der Waals surface area contributed by atoms with E-state index in [0.717, 1.165) is 35.4 Å². The summed E-state index contributed by atoms with van der Waals surface area (Å²) in [5.74, 6) is 1.78. The number of fused-ring (bicyclic) bond motifs is 1. The Hall–Kier alpha value is -2.83. The molecule has 36 heavy (non-hydrogen) atoms. The zero-order valence-corrected chi connectivity index (χ0v) is 23.1.